The van der Waals surface area contributed by atoms with Crippen LogP contribution in [-0.2, 0) is 11.3 Å². The third-order valence-electron chi connectivity index (χ3n) is 5.00. The molecular weight excluding hydrogens is 378 g/mol. The largest absolute Gasteiger partial charge is 0.467 e. The van der Waals surface area contributed by atoms with Crippen LogP contribution in [0.5, 0.6) is 23.5 Å². The van der Waals surface area contributed by atoms with Gasteiger partial charge in [0.25, 0.3) is 0 Å². The first-order chi connectivity index (χ1) is 14.2. The number of benzene rings is 1. The summed E-state index contributed by atoms with van der Waals surface area (Å²) in [7, 11) is 2.99. The van der Waals surface area contributed by atoms with E-state index in [-0.39, 0.29) is 30.6 Å². The number of fused-ring (bicyclic) bond motifs is 1. The van der Waals surface area contributed by atoms with Gasteiger partial charge in [0.2, 0.25) is 18.6 Å². The molecule has 10 heteroatoms. The molecule has 29 heavy (non-hydrogen) atoms. The van der Waals surface area contributed by atoms with Crippen molar-refractivity contribution < 1.29 is 23.7 Å². The van der Waals surface area contributed by atoms with Crippen LogP contribution in [0.15, 0.2) is 18.2 Å². The SMILES string of the molecule is COc1nc(OC)nc(N2CCC(C(=O)NCc3ccc4c(c3)OCO4)CC2)n1. The highest BCUT2D eigenvalue weighted by Crippen LogP contribution is 2.32. The quantitative estimate of drug-likeness (QED) is 0.762. The minimum atomic E-state index is -0.0501. The Labute approximate surface area is 168 Å². The van der Waals surface area contributed by atoms with E-state index in [1.54, 1.807) is 0 Å². The zero-order valence-corrected chi connectivity index (χ0v) is 16.4. The van der Waals surface area contributed by atoms with E-state index in [0.29, 0.717) is 44.2 Å². The Morgan fingerprint density at radius 2 is 1.79 bits per heavy atom. The Morgan fingerprint density at radius 1 is 1.10 bits per heavy atom. The molecule has 1 aromatic carbocycles. The van der Waals surface area contributed by atoms with Gasteiger partial charge in [-0.15, -0.1) is 4.98 Å². The summed E-state index contributed by atoms with van der Waals surface area (Å²) < 4.78 is 20.9. The lowest BCUT2D eigenvalue weighted by molar-refractivity contribution is -0.125. The Balaban J connectivity index is 1.30. The molecule has 1 amide bonds. The van der Waals surface area contributed by atoms with Crippen LogP contribution in [0.1, 0.15) is 18.4 Å². The van der Waals surface area contributed by atoms with E-state index in [9.17, 15) is 4.79 Å². The smallest absolute Gasteiger partial charge is 0.324 e. The summed E-state index contributed by atoms with van der Waals surface area (Å²) in [5.41, 5.74) is 0.976. The van der Waals surface area contributed by atoms with Gasteiger partial charge in [0, 0.05) is 25.6 Å². The molecule has 1 saturated heterocycles. The number of hydrogen-bond donors (Lipinski definition) is 1. The topological polar surface area (TPSA) is 108 Å². The van der Waals surface area contributed by atoms with E-state index in [2.05, 4.69) is 20.3 Å². The highest BCUT2D eigenvalue weighted by Gasteiger charge is 2.27. The predicted molar refractivity (Wildman–Crippen MR) is 102 cm³/mol. The van der Waals surface area contributed by atoms with Crippen molar-refractivity contribution >= 4 is 11.9 Å². The lowest BCUT2D eigenvalue weighted by Gasteiger charge is -2.31. The number of rotatable bonds is 6. The van der Waals surface area contributed by atoms with Gasteiger partial charge in [-0.05, 0) is 30.5 Å². The summed E-state index contributed by atoms with van der Waals surface area (Å²) in [5.74, 6) is 1.94. The van der Waals surface area contributed by atoms with Gasteiger partial charge in [-0.25, -0.2) is 0 Å². The number of ether oxygens (including phenoxy) is 4. The van der Waals surface area contributed by atoms with Crippen LogP contribution in [0, 0.1) is 5.92 Å². The zero-order valence-electron chi connectivity index (χ0n) is 16.4. The third kappa shape index (κ3) is 4.25. The lowest BCUT2D eigenvalue weighted by Crippen LogP contribution is -2.41. The maximum absolute atomic E-state index is 12.6. The average molecular weight is 401 g/mol. The molecule has 0 bridgehead atoms. The number of carbonyl (C=O) groups excluding carboxylic acids is 1. The molecule has 3 heterocycles. The average Bonchev–Trinajstić information content (AvgIpc) is 3.25. The monoisotopic (exact) mass is 401 g/mol. The molecule has 0 atom stereocenters. The number of anilines is 1. The van der Waals surface area contributed by atoms with Crippen molar-refractivity contribution in [3.05, 3.63) is 23.8 Å². The van der Waals surface area contributed by atoms with Crippen LogP contribution < -0.4 is 29.2 Å². The predicted octanol–water partition coefficient (Wildman–Crippen LogP) is 1.15. The Kier molecular flexibility index (Phi) is 5.50. The van der Waals surface area contributed by atoms with Crippen molar-refractivity contribution in [2.45, 2.75) is 19.4 Å². The molecule has 2 aliphatic rings. The molecule has 0 unspecified atom stereocenters. The van der Waals surface area contributed by atoms with Crippen molar-refractivity contribution in [3.8, 4) is 23.5 Å². The van der Waals surface area contributed by atoms with Crippen molar-refractivity contribution in [1.29, 1.82) is 0 Å². The van der Waals surface area contributed by atoms with Gasteiger partial charge in [-0.1, -0.05) is 6.07 Å². The Morgan fingerprint density at radius 3 is 2.48 bits per heavy atom. The molecular formula is C19H23N5O5. The molecule has 0 spiro atoms. The van der Waals surface area contributed by atoms with Gasteiger partial charge in [-0.3, -0.25) is 4.79 Å². The van der Waals surface area contributed by atoms with Crippen molar-refractivity contribution in [1.82, 2.24) is 20.3 Å². The summed E-state index contributed by atoms with van der Waals surface area (Å²) in [5, 5.41) is 3.02. The summed E-state index contributed by atoms with van der Waals surface area (Å²) in [6, 6.07) is 6.09. The number of aromatic nitrogens is 3. The summed E-state index contributed by atoms with van der Waals surface area (Å²) in [6.45, 7) is 2.02. The van der Waals surface area contributed by atoms with Gasteiger partial charge in [0.05, 0.1) is 14.2 Å². The summed E-state index contributed by atoms with van der Waals surface area (Å²) >= 11 is 0. The molecule has 0 saturated carbocycles. The molecule has 1 N–H and O–H groups in total. The van der Waals surface area contributed by atoms with Crippen LogP contribution in [0.2, 0.25) is 0 Å². The second-order valence-electron chi connectivity index (χ2n) is 6.78. The Bertz CT molecular complexity index is 863. The van der Waals surface area contributed by atoms with E-state index < -0.39 is 0 Å². The summed E-state index contributed by atoms with van der Waals surface area (Å²) in [4.78, 5) is 27.2. The molecule has 154 valence electrons. The van der Waals surface area contributed by atoms with Crippen molar-refractivity contribution in [3.63, 3.8) is 0 Å². The van der Waals surface area contributed by atoms with Gasteiger partial charge >= 0.3 is 12.0 Å². The molecule has 4 rings (SSSR count). The molecule has 0 radical (unpaired) electrons. The van der Waals surface area contributed by atoms with Gasteiger partial charge < -0.3 is 29.2 Å². The van der Waals surface area contributed by atoms with Crippen LogP contribution in [0.3, 0.4) is 0 Å². The fourth-order valence-corrected chi connectivity index (χ4v) is 3.38. The van der Waals surface area contributed by atoms with Gasteiger partial charge in [0.1, 0.15) is 0 Å². The van der Waals surface area contributed by atoms with Crippen molar-refractivity contribution in [2.24, 2.45) is 5.92 Å². The van der Waals surface area contributed by atoms with Gasteiger partial charge in [-0.2, -0.15) is 9.97 Å². The molecule has 2 aliphatic heterocycles. The highest BCUT2D eigenvalue weighted by molar-refractivity contribution is 5.79. The minimum absolute atomic E-state index is 0.0492. The van der Waals surface area contributed by atoms with Crippen LogP contribution in [0.4, 0.5) is 5.95 Å². The third-order valence-corrected chi connectivity index (χ3v) is 5.00. The first-order valence-electron chi connectivity index (χ1n) is 9.41. The van der Waals surface area contributed by atoms with Crippen LogP contribution in [-0.4, -0.2) is 55.0 Å². The number of hydrogen-bond acceptors (Lipinski definition) is 9. The zero-order chi connectivity index (χ0) is 20.2. The molecule has 1 aromatic heterocycles. The molecule has 2 aromatic rings. The van der Waals surface area contributed by atoms with E-state index in [1.165, 1.54) is 14.2 Å². The van der Waals surface area contributed by atoms with Crippen molar-refractivity contribution in [2.75, 3.05) is 39.0 Å². The first kappa shape index (κ1) is 19.0. The minimum Gasteiger partial charge on any atom is -0.467 e. The number of methoxy groups -OCH3 is 2. The van der Waals surface area contributed by atoms with Crippen LogP contribution in [0.25, 0.3) is 0 Å². The van der Waals surface area contributed by atoms with E-state index >= 15 is 0 Å². The Hall–Kier alpha value is -3.30. The second-order valence-corrected chi connectivity index (χ2v) is 6.78. The van der Waals surface area contributed by atoms with Crippen LogP contribution >= 0.6 is 0 Å². The molecule has 1 fully saturated rings. The second kappa shape index (κ2) is 8.38. The first-order valence-corrected chi connectivity index (χ1v) is 9.41. The molecule has 10 nitrogen and oxygen atoms in total. The van der Waals surface area contributed by atoms with Gasteiger partial charge in [0.15, 0.2) is 11.5 Å². The number of nitrogens with one attached hydrogen (secondary N) is 1. The van der Waals surface area contributed by atoms with E-state index in [1.807, 2.05) is 23.1 Å². The number of nitrogens with zero attached hydrogens (tertiary/aromatic N) is 4. The number of piperidine rings is 1. The number of carbonyl (C=O) groups is 1. The number of amides is 1. The standard InChI is InChI=1S/C19H23N5O5/c1-26-18-21-17(22-19(23-18)27-2)24-7-5-13(6-8-24)16(25)20-10-12-3-4-14-15(9-12)29-11-28-14/h3-4,9,13H,5-8,10-11H2,1-2H3,(H,20,25). The lowest BCUT2D eigenvalue weighted by atomic mass is 9.96. The molecule has 0 aliphatic carbocycles. The maximum Gasteiger partial charge on any atom is 0.324 e. The van der Waals surface area contributed by atoms with E-state index in [4.69, 9.17) is 18.9 Å². The summed E-state index contributed by atoms with van der Waals surface area (Å²) in [6.07, 6.45) is 1.42. The fraction of sp³-hybridized carbons (Fsp3) is 0.474. The highest BCUT2D eigenvalue weighted by atomic mass is 16.7. The van der Waals surface area contributed by atoms with E-state index in [0.717, 1.165) is 11.3 Å². The normalized spacial score (nSPS) is 15.9. The maximum atomic E-state index is 12.6. The fourth-order valence-electron chi connectivity index (χ4n) is 3.38.